The molecule has 0 atom stereocenters. The lowest BCUT2D eigenvalue weighted by molar-refractivity contribution is 0.0956. The lowest BCUT2D eigenvalue weighted by Gasteiger charge is -2.13. The first-order valence-corrected chi connectivity index (χ1v) is 6.39. The molecule has 0 aliphatic carbocycles. The van der Waals surface area contributed by atoms with Crippen molar-refractivity contribution >= 4 is 17.4 Å². The van der Waals surface area contributed by atoms with E-state index in [1.54, 1.807) is 25.4 Å². The summed E-state index contributed by atoms with van der Waals surface area (Å²) in [6, 6.07) is 11.0. The fraction of sp³-hybridized carbons (Fsp3) is 0.200. The maximum absolute atomic E-state index is 12.0. The average molecular weight is 271 g/mol. The van der Waals surface area contributed by atoms with Crippen molar-refractivity contribution in [2.75, 3.05) is 19.0 Å². The highest BCUT2D eigenvalue weighted by atomic mass is 16.5. The largest absolute Gasteiger partial charge is 0.495 e. The van der Waals surface area contributed by atoms with Gasteiger partial charge in [-0.25, -0.2) is 4.98 Å². The number of carbonyl (C=O) groups excluding carboxylic acids is 1. The summed E-state index contributed by atoms with van der Waals surface area (Å²) < 4.78 is 5.27. The van der Waals surface area contributed by atoms with E-state index in [-0.39, 0.29) is 5.91 Å². The minimum atomic E-state index is -0.155. The summed E-state index contributed by atoms with van der Waals surface area (Å²) in [4.78, 5) is 16.2. The van der Waals surface area contributed by atoms with E-state index in [9.17, 15) is 4.79 Å². The lowest BCUT2D eigenvalue weighted by Crippen LogP contribution is -2.23. The molecule has 2 aromatic rings. The average Bonchev–Trinajstić information content (AvgIpc) is 2.48. The molecular formula is C15H17N3O2. The Hall–Kier alpha value is -2.56. The zero-order valence-electron chi connectivity index (χ0n) is 11.5. The van der Waals surface area contributed by atoms with Crippen LogP contribution in [0.25, 0.3) is 0 Å². The van der Waals surface area contributed by atoms with Crippen LogP contribution in [-0.4, -0.2) is 24.5 Å². The first-order chi connectivity index (χ1) is 9.76. The van der Waals surface area contributed by atoms with E-state index < -0.39 is 0 Å². The van der Waals surface area contributed by atoms with Crippen LogP contribution in [0.15, 0.2) is 42.6 Å². The zero-order valence-corrected chi connectivity index (χ0v) is 11.5. The standard InChI is InChI=1S/C15H17N3O2/c1-3-16-15(19)11-7-6-10-17-14(11)18-12-8-4-5-9-13(12)20-2/h4-10H,3H2,1-2H3,(H,16,19)(H,17,18). The summed E-state index contributed by atoms with van der Waals surface area (Å²) in [6.45, 7) is 2.45. The van der Waals surface area contributed by atoms with Crippen molar-refractivity contribution in [3.8, 4) is 5.75 Å². The number of hydrogen-bond acceptors (Lipinski definition) is 4. The summed E-state index contributed by atoms with van der Waals surface area (Å²) in [6.07, 6.45) is 1.64. The van der Waals surface area contributed by atoms with Crippen LogP contribution in [0, 0.1) is 0 Å². The van der Waals surface area contributed by atoms with Crippen LogP contribution in [-0.2, 0) is 0 Å². The molecule has 0 spiro atoms. The highest BCUT2D eigenvalue weighted by Crippen LogP contribution is 2.27. The van der Waals surface area contributed by atoms with E-state index in [1.807, 2.05) is 31.2 Å². The Labute approximate surface area is 118 Å². The van der Waals surface area contributed by atoms with E-state index in [0.29, 0.717) is 23.7 Å². The van der Waals surface area contributed by atoms with Crippen molar-refractivity contribution < 1.29 is 9.53 Å². The van der Waals surface area contributed by atoms with Gasteiger partial charge in [-0.15, -0.1) is 0 Å². The van der Waals surface area contributed by atoms with Gasteiger partial charge < -0.3 is 15.4 Å². The number of hydrogen-bond donors (Lipinski definition) is 2. The van der Waals surface area contributed by atoms with Crippen LogP contribution in [0.3, 0.4) is 0 Å². The first kappa shape index (κ1) is 13.9. The van der Waals surface area contributed by atoms with Gasteiger partial charge in [0.2, 0.25) is 0 Å². The number of aromatic nitrogens is 1. The number of nitrogens with one attached hydrogen (secondary N) is 2. The second-order valence-corrected chi connectivity index (χ2v) is 4.08. The minimum absolute atomic E-state index is 0.155. The van der Waals surface area contributed by atoms with Crippen molar-refractivity contribution in [2.45, 2.75) is 6.92 Å². The molecule has 0 bridgehead atoms. The maximum Gasteiger partial charge on any atom is 0.255 e. The predicted octanol–water partition coefficient (Wildman–Crippen LogP) is 2.58. The summed E-state index contributed by atoms with van der Waals surface area (Å²) in [5, 5.41) is 5.90. The van der Waals surface area contributed by atoms with Crippen molar-refractivity contribution in [2.24, 2.45) is 0 Å². The Morgan fingerprint density at radius 1 is 1.25 bits per heavy atom. The molecule has 0 unspecified atom stereocenters. The maximum atomic E-state index is 12.0. The van der Waals surface area contributed by atoms with Gasteiger partial charge in [-0.2, -0.15) is 0 Å². The van der Waals surface area contributed by atoms with Crippen LogP contribution in [0.2, 0.25) is 0 Å². The van der Waals surface area contributed by atoms with E-state index in [4.69, 9.17) is 4.74 Å². The van der Waals surface area contributed by atoms with Crippen molar-refractivity contribution in [3.05, 3.63) is 48.2 Å². The molecule has 1 amide bonds. The van der Waals surface area contributed by atoms with Gasteiger partial charge in [0.05, 0.1) is 18.4 Å². The number of ether oxygens (including phenoxy) is 1. The number of carbonyl (C=O) groups is 1. The molecule has 0 saturated carbocycles. The number of para-hydroxylation sites is 2. The Morgan fingerprint density at radius 2 is 2.05 bits per heavy atom. The number of benzene rings is 1. The number of anilines is 2. The molecule has 0 radical (unpaired) electrons. The molecule has 5 heteroatoms. The van der Waals surface area contributed by atoms with Gasteiger partial charge in [0.25, 0.3) is 5.91 Å². The number of methoxy groups -OCH3 is 1. The predicted molar refractivity (Wildman–Crippen MR) is 78.5 cm³/mol. The summed E-state index contributed by atoms with van der Waals surface area (Å²) >= 11 is 0. The molecule has 2 N–H and O–H groups in total. The zero-order chi connectivity index (χ0) is 14.4. The van der Waals surface area contributed by atoms with E-state index in [0.717, 1.165) is 5.69 Å². The molecule has 20 heavy (non-hydrogen) atoms. The van der Waals surface area contributed by atoms with Gasteiger partial charge in [-0.05, 0) is 31.2 Å². The van der Waals surface area contributed by atoms with Crippen molar-refractivity contribution in [3.63, 3.8) is 0 Å². The third-order valence-electron chi connectivity index (χ3n) is 2.75. The normalized spacial score (nSPS) is 9.90. The first-order valence-electron chi connectivity index (χ1n) is 6.39. The summed E-state index contributed by atoms with van der Waals surface area (Å²) in [5.41, 5.74) is 1.26. The van der Waals surface area contributed by atoms with Crippen LogP contribution in [0.1, 0.15) is 17.3 Å². The molecule has 1 aromatic heterocycles. The monoisotopic (exact) mass is 271 g/mol. The second-order valence-electron chi connectivity index (χ2n) is 4.08. The number of pyridine rings is 1. The Kier molecular flexibility index (Phi) is 4.55. The van der Waals surface area contributed by atoms with Gasteiger partial charge in [-0.3, -0.25) is 4.79 Å². The van der Waals surface area contributed by atoms with Crippen molar-refractivity contribution in [1.29, 1.82) is 0 Å². The molecule has 0 saturated heterocycles. The number of rotatable bonds is 5. The summed E-state index contributed by atoms with van der Waals surface area (Å²) in [5.74, 6) is 1.04. The van der Waals surface area contributed by atoms with Crippen LogP contribution < -0.4 is 15.4 Å². The molecule has 104 valence electrons. The smallest absolute Gasteiger partial charge is 0.255 e. The lowest BCUT2D eigenvalue weighted by atomic mass is 10.2. The molecular weight excluding hydrogens is 254 g/mol. The Balaban J connectivity index is 2.32. The molecule has 2 rings (SSSR count). The van der Waals surface area contributed by atoms with Gasteiger partial charge in [0.1, 0.15) is 11.6 Å². The fourth-order valence-electron chi connectivity index (χ4n) is 1.82. The van der Waals surface area contributed by atoms with E-state index >= 15 is 0 Å². The fourth-order valence-corrected chi connectivity index (χ4v) is 1.82. The van der Waals surface area contributed by atoms with Gasteiger partial charge in [0.15, 0.2) is 0 Å². The molecule has 1 aromatic carbocycles. The third-order valence-corrected chi connectivity index (χ3v) is 2.75. The molecule has 1 heterocycles. The Bertz CT molecular complexity index is 599. The SMILES string of the molecule is CCNC(=O)c1cccnc1Nc1ccccc1OC. The van der Waals surface area contributed by atoms with Gasteiger partial charge >= 0.3 is 0 Å². The highest BCUT2D eigenvalue weighted by molar-refractivity contribution is 5.99. The number of nitrogens with zero attached hydrogens (tertiary/aromatic N) is 1. The number of amides is 1. The highest BCUT2D eigenvalue weighted by Gasteiger charge is 2.12. The third kappa shape index (κ3) is 3.06. The van der Waals surface area contributed by atoms with Crippen LogP contribution >= 0.6 is 0 Å². The topological polar surface area (TPSA) is 63.2 Å². The molecule has 0 aliphatic rings. The second kappa shape index (κ2) is 6.56. The van der Waals surface area contributed by atoms with Gasteiger partial charge in [0, 0.05) is 12.7 Å². The van der Waals surface area contributed by atoms with Crippen molar-refractivity contribution in [1.82, 2.24) is 10.3 Å². The van der Waals surface area contributed by atoms with E-state index in [1.165, 1.54) is 0 Å². The minimum Gasteiger partial charge on any atom is -0.495 e. The quantitative estimate of drug-likeness (QED) is 0.877. The molecule has 0 fully saturated rings. The molecule has 0 aliphatic heterocycles. The van der Waals surface area contributed by atoms with Crippen LogP contribution in [0.5, 0.6) is 5.75 Å². The van der Waals surface area contributed by atoms with Crippen LogP contribution in [0.4, 0.5) is 11.5 Å². The van der Waals surface area contributed by atoms with Gasteiger partial charge in [-0.1, -0.05) is 12.1 Å². The summed E-state index contributed by atoms with van der Waals surface area (Å²) in [7, 11) is 1.60. The molecule has 5 nitrogen and oxygen atoms in total. The Morgan fingerprint density at radius 3 is 2.80 bits per heavy atom. The van der Waals surface area contributed by atoms with E-state index in [2.05, 4.69) is 15.6 Å².